The molecule has 0 saturated carbocycles. The Labute approximate surface area is 159 Å². The topological polar surface area (TPSA) is 92.9 Å². The summed E-state index contributed by atoms with van der Waals surface area (Å²) in [5.41, 5.74) is 8.25. The number of rotatable bonds is 5. The van der Waals surface area contributed by atoms with Crippen LogP contribution in [0.5, 0.6) is 0 Å². The van der Waals surface area contributed by atoms with Crippen LogP contribution in [0.2, 0.25) is 0 Å². The van der Waals surface area contributed by atoms with Gasteiger partial charge in [0.05, 0.1) is 13.2 Å². The largest absolute Gasteiger partial charge is 0.467 e. The van der Waals surface area contributed by atoms with Crippen molar-refractivity contribution in [3.8, 4) is 0 Å². The van der Waals surface area contributed by atoms with E-state index in [2.05, 4.69) is 12.1 Å². The zero-order valence-electron chi connectivity index (χ0n) is 15.9. The van der Waals surface area contributed by atoms with Crippen molar-refractivity contribution in [2.24, 2.45) is 5.73 Å². The molecule has 2 amide bonds. The summed E-state index contributed by atoms with van der Waals surface area (Å²) in [6, 6.07) is 6.74. The molecular weight excluding hydrogens is 346 g/mol. The minimum Gasteiger partial charge on any atom is -0.467 e. The number of methoxy groups -OCH3 is 1. The normalized spacial score (nSPS) is 20.3. The fourth-order valence-electron chi connectivity index (χ4n) is 4.09. The van der Waals surface area contributed by atoms with Crippen LogP contribution in [0.25, 0.3) is 0 Å². The predicted octanol–water partition coefficient (Wildman–Crippen LogP) is 0.494. The lowest BCUT2D eigenvalue weighted by molar-refractivity contribution is -0.152. The van der Waals surface area contributed by atoms with E-state index in [1.165, 1.54) is 23.1 Å². The number of carbonyl (C=O) groups excluding carboxylic acids is 3. The van der Waals surface area contributed by atoms with Gasteiger partial charge in [0.25, 0.3) is 0 Å². The molecule has 1 aromatic rings. The third-order valence-corrected chi connectivity index (χ3v) is 5.49. The number of carbonyl (C=O) groups is 3. The average molecular weight is 373 g/mol. The summed E-state index contributed by atoms with van der Waals surface area (Å²) in [5, 5.41) is 0. The minimum atomic E-state index is -0.684. The van der Waals surface area contributed by atoms with Gasteiger partial charge in [-0.15, -0.1) is 0 Å². The summed E-state index contributed by atoms with van der Waals surface area (Å²) in [6.07, 6.45) is 2.76. The van der Waals surface area contributed by atoms with Gasteiger partial charge in [0, 0.05) is 12.6 Å². The maximum absolute atomic E-state index is 12.9. The second-order valence-electron chi connectivity index (χ2n) is 7.35. The molecule has 7 nitrogen and oxygen atoms in total. The van der Waals surface area contributed by atoms with Crippen molar-refractivity contribution < 1.29 is 19.1 Å². The van der Waals surface area contributed by atoms with Crippen molar-refractivity contribution in [2.45, 2.75) is 50.7 Å². The quantitative estimate of drug-likeness (QED) is 0.759. The van der Waals surface area contributed by atoms with E-state index in [-0.39, 0.29) is 24.4 Å². The molecule has 1 aliphatic heterocycles. The van der Waals surface area contributed by atoms with Gasteiger partial charge in [-0.05, 0) is 43.7 Å². The Morgan fingerprint density at radius 3 is 2.44 bits per heavy atom. The summed E-state index contributed by atoms with van der Waals surface area (Å²) in [5.74, 6) is -0.873. The van der Waals surface area contributed by atoms with Gasteiger partial charge in [-0.3, -0.25) is 9.59 Å². The van der Waals surface area contributed by atoms with Crippen LogP contribution in [0.15, 0.2) is 24.3 Å². The fraction of sp³-hybridized carbons (Fsp3) is 0.550. The molecule has 1 aromatic carbocycles. The van der Waals surface area contributed by atoms with Crippen LogP contribution in [-0.4, -0.2) is 65.9 Å². The summed E-state index contributed by atoms with van der Waals surface area (Å²) in [4.78, 5) is 40.7. The van der Waals surface area contributed by atoms with Crippen LogP contribution in [-0.2, 0) is 32.0 Å². The van der Waals surface area contributed by atoms with E-state index in [0.717, 1.165) is 6.42 Å². The SMILES string of the molecule is COC(=O)[C@@H]1CCCN1C(=O)CN(C(=O)[C@H](C)N)C1Cc2ccccc2C1. The second kappa shape index (κ2) is 8.08. The maximum atomic E-state index is 12.9. The number of nitrogens with zero attached hydrogens (tertiary/aromatic N) is 2. The smallest absolute Gasteiger partial charge is 0.328 e. The number of hydrogen-bond donors (Lipinski definition) is 1. The molecule has 0 unspecified atom stereocenters. The van der Waals surface area contributed by atoms with Gasteiger partial charge < -0.3 is 20.3 Å². The third kappa shape index (κ3) is 3.98. The molecule has 7 heteroatoms. The standard InChI is InChI=1S/C20H27N3O4/c1-13(21)19(25)23(16-10-14-6-3-4-7-15(14)11-16)12-18(24)22-9-5-8-17(22)20(26)27-2/h3-4,6-7,13,16-17H,5,8-12,21H2,1-2H3/t13-,17-/m0/s1. The summed E-state index contributed by atoms with van der Waals surface area (Å²) in [6.45, 7) is 2.07. The van der Waals surface area contributed by atoms with Crippen molar-refractivity contribution >= 4 is 17.8 Å². The average Bonchev–Trinajstić information content (AvgIpc) is 3.31. The van der Waals surface area contributed by atoms with Crippen molar-refractivity contribution in [1.29, 1.82) is 0 Å². The first-order valence-electron chi connectivity index (χ1n) is 9.42. The molecule has 27 heavy (non-hydrogen) atoms. The number of ether oxygens (including phenoxy) is 1. The Morgan fingerprint density at radius 1 is 1.26 bits per heavy atom. The molecule has 1 saturated heterocycles. The maximum Gasteiger partial charge on any atom is 0.328 e. The molecule has 2 atom stereocenters. The van der Waals surface area contributed by atoms with Crippen molar-refractivity contribution in [2.75, 3.05) is 20.2 Å². The summed E-state index contributed by atoms with van der Waals surface area (Å²) < 4.78 is 4.81. The third-order valence-electron chi connectivity index (χ3n) is 5.49. The van der Waals surface area contributed by atoms with Crippen LogP contribution >= 0.6 is 0 Å². The van der Waals surface area contributed by atoms with Crippen LogP contribution in [0.1, 0.15) is 30.9 Å². The van der Waals surface area contributed by atoms with Crippen molar-refractivity contribution in [3.05, 3.63) is 35.4 Å². The van der Waals surface area contributed by atoms with Gasteiger partial charge in [0.15, 0.2) is 0 Å². The number of nitrogens with two attached hydrogens (primary N) is 1. The van der Waals surface area contributed by atoms with E-state index in [1.807, 2.05) is 12.1 Å². The Morgan fingerprint density at radius 2 is 1.89 bits per heavy atom. The van der Waals surface area contributed by atoms with E-state index in [1.54, 1.807) is 11.8 Å². The summed E-state index contributed by atoms with van der Waals surface area (Å²) in [7, 11) is 1.32. The van der Waals surface area contributed by atoms with Gasteiger partial charge in [0.2, 0.25) is 11.8 Å². The predicted molar refractivity (Wildman–Crippen MR) is 99.8 cm³/mol. The van der Waals surface area contributed by atoms with Crippen molar-refractivity contribution in [1.82, 2.24) is 9.80 Å². The number of fused-ring (bicyclic) bond motifs is 1. The number of esters is 1. The van der Waals surface area contributed by atoms with Gasteiger partial charge >= 0.3 is 5.97 Å². The van der Waals surface area contributed by atoms with E-state index < -0.39 is 18.1 Å². The molecule has 2 N–H and O–H groups in total. The van der Waals surface area contributed by atoms with Crippen LogP contribution in [0.3, 0.4) is 0 Å². The molecule has 0 bridgehead atoms. The van der Waals surface area contributed by atoms with E-state index in [9.17, 15) is 14.4 Å². The zero-order valence-corrected chi connectivity index (χ0v) is 15.9. The number of amides is 2. The Bertz CT molecular complexity index is 709. The monoisotopic (exact) mass is 373 g/mol. The molecule has 0 aromatic heterocycles. The zero-order chi connectivity index (χ0) is 19.6. The Balaban J connectivity index is 1.76. The Hall–Kier alpha value is -2.41. The second-order valence-corrected chi connectivity index (χ2v) is 7.35. The van der Waals surface area contributed by atoms with E-state index in [0.29, 0.717) is 25.8 Å². The molecule has 3 rings (SSSR count). The highest BCUT2D eigenvalue weighted by atomic mass is 16.5. The molecule has 1 fully saturated rings. The molecule has 146 valence electrons. The lowest BCUT2D eigenvalue weighted by atomic mass is 10.1. The highest BCUT2D eigenvalue weighted by Crippen LogP contribution is 2.26. The van der Waals surface area contributed by atoms with E-state index >= 15 is 0 Å². The van der Waals surface area contributed by atoms with Gasteiger partial charge in [-0.1, -0.05) is 24.3 Å². The highest BCUT2D eigenvalue weighted by molar-refractivity contribution is 5.90. The number of likely N-dealkylation sites (tertiary alicyclic amines) is 1. The first-order chi connectivity index (χ1) is 12.9. The molecule has 2 aliphatic rings. The lowest BCUT2D eigenvalue weighted by Crippen LogP contribution is -2.53. The van der Waals surface area contributed by atoms with Crippen LogP contribution in [0, 0.1) is 0 Å². The molecule has 0 spiro atoms. The van der Waals surface area contributed by atoms with Crippen LogP contribution < -0.4 is 5.73 Å². The fourth-order valence-corrected chi connectivity index (χ4v) is 4.09. The molecule has 0 radical (unpaired) electrons. The molecular formula is C20H27N3O4. The number of hydrogen-bond acceptors (Lipinski definition) is 5. The van der Waals surface area contributed by atoms with Crippen molar-refractivity contribution in [3.63, 3.8) is 0 Å². The molecule has 1 aliphatic carbocycles. The minimum absolute atomic E-state index is 0.0630. The van der Waals surface area contributed by atoms with Gasteiger partial charge in [-0.25, -0.2) is 4.79 Å². The first kappa shape index (κ1) is 19.4. The molecule has 1 heterocycles. The van der Waals surface area contributed by atoms with E-state index in [4.69, 9.17) is 10.5 Å². The Kier molecular flexibility index (Phi) is 5.79. The van der Waals surface area contributed by atoms with Gasteiger partial charge in [0.1, 0.15) is 12.6 Å². The first-order valence-corrected chi connectivity index (χ1v) is 9.42. The number of benzene rings is 1. The van der Waals surface area contributed by atoms with Crippen LogP contribution in [0.4, 0.5) is 0 Å². The lowest BCUT2D eigenvalue weighted by Gasteiger charge is -2.32. The van der Waals surface area contributed by atoms with Gasteiger partial charge in [-0.2, -0.15) is 0 Å². The summed E-state index contributed by atoms with van der Waals surface area (Å²) >= 11 is 0. The highest BCUT2D eigenvalue weighted by Gasteiger charge is 2.38.